The summed E-state index contributed by atoms with van der Waals surface area (Å²) in [4.78, 5) is 17.9. The standard InChI is InChI=1S/C15H26N4O2/c1-10(2)9-21-15-12(16)6-7-13(18-15)19(5)8-11(3)14(20)17-4/h6-7,10-11H,8-9,16H2,1-5H3,(H,17,20). The maximum Gasteiger partial charge on any atom is 0.239 e. The van der Waals surface area contributed by atoms with Crippen LogP contribution in [0.3, 0.4) is 0 Å². The number of nitrogens with one attached hydrogen (secondary N) is 1. The van der Waals surface area contributed by atoms with Crippen LogP contribution in [0.25, 0.3) is 0 Å². The molecule has 6 nitrogen and oxygen atoms in total. The van der Waals surface area contributed by atoms with Crippen molar-refractivity contribution in [1.82, 2.24) is 10.3 Å². The summed E-state index contributed by atoms with van der Waals surface area (Å²) in [5.74, 6) is 1.47. The van der Waals surface area contributed by atoms with Crippen LogP contribution in [0.2, 0.25) is 0 Å². The lowest BCUT2D eigenvalue weighted by Gasteiger charge is -2.22. The molecule has 0 saturated heterocycles. The number of nitrogen functional groups attached to an aromatic ring is 1. The molecular formula is C15H26N4O2. The van der Waals surface area contributed by atoms with Crippen molar-refractivity contribution in [1.29, 1.82) is 0 Å². The Hall–Kier alpha value is -1.98. The van der Waals surface area contributed by atoms with Gasteiger partial charge in [-0.2, -0.15) is 4.98 Å². The first kappa shape index (κ1) is 17.1. The first-order valence-electron chi connectivity index (χ1n) is 7.17. The molecule has 0 aliphatic rings. The second kappa shape index (κ2) is 7.71. The van der Waals surface area contributed by atoms with Gasteiger partial charge in [-0.15, -0.1) is 0 Å². The van der Waals surface area contributed by atoms with Crippen LogP contribution in [-0.2, 0) is 4.79 Å². The van der Waals surface area contributed by atoms with E-state index < -0.39 is 0 Å². The number of nitrogens with two attached hydrogens (primary N) is 1. The van der Waals surface area contributed by atoms with E-state index in [1.54, 1.807) is 13.1 Å². The Balaban J connectivity index is 2.78. The molecule has 3 N–H and O–H groups in total. The molecule has 118 valence electrons. The van der Waals surface area contributed by atoms with E-state index in [4.69, 9.17) is 10.5 Å². The zero-order valence-electron chi connectivity index (χ0n) is 13.5. The van der Waals surface area contributed by atoms with Gasteiger partial charge in [0.2, 0.25) is 11.8 Å². The van der Waals surface area contributed by atoms with Crippen LogP contribution in [-0.4, -0.2) is 38.1 Å². The first-order valence-corrected chi connectivity index (χ1v) is 7.17. The number of carbonyl (C=O) groups is 1. The minimum atomic E-state index is -0.126. The Kier molecular flexibility index (Phi) is 6.27. The zero-order valence-corrected chi connectivity index (χ0v) is 13.5. The van der Waals surface area contributed by atoms with Crippen LogP contribution in [0, 0.1) is 11.8 Å². The normalized spacial score (nSPS) is 12.1. The molecule has 1 atom stereocenters. The van der Waals surface area contributed by atoms with Gasteiger partial charge in [0, 0.05) is 20.6 Å². The van der Waals surface area contributed by atoms with Crippen molar-refractivity contribution in [3.63, 3.8) is 0 Å². The fourth-order valence-corrected chi connectivity index (χ4v) is 1.85. The third-order valence-corrected chi connectivity index (χ3v) is 3.06. The number of aromatic nitrogens is 1. The predicted octanol–water partition coefficient (Wildman–Crippen LogP) is 1.52. The molecule has 1 aromatic rings. The zero-order chi connectivity index (χ0) is 16.0. The second-order valence-corrected chi connectivity index (χ2v) is 5.66. The molecule has 0 aromatic carbocycles. The molecule has 1 amide bonds. The van der Waals surface area contributed by atoms with Gasteiger partial charge >= 0.3 is 0 Å². The van der Waals surface area contributed by atoms with Crippen molar-refractivity contribution in [2.75, 3.05) is 37.9 Å². The van der Waals surface area contributed by atoms with Crippen LogP contribution in [0.15, 0.2) is 12.1 Å². The third-order valence-electron chi connectivity index (χ3n) is 3.06. The second-order valence-electron chi connectivity index (χ2n) is 5.66. The predicted molar refractivity (Wildman–Crippen MR) is 85.5 cm³/mol. The van der Waals surface area contributed by atoms with E-state index in [0.29, 0.717) is 30.6 Å². The van der Waals surface area contributed by atoms with Crippen LogP contribution < -0.4 is 20.7 Å². The van der Waals surface area contributed by atoms with E-state index >= 15 is 0 Å². The lowest BCUT2D eigenvalue weighted by atomic mass is 10.1. The number of nitrogens with zero attached hydrogens (tertiary/aromatic N) is 2. The number of ether oxygens (including phenoxy) is 1. The average Bonchev–Trinajstić information content (AvgIpc) is 2.45. The monoisotopic (exact) mass is 294 g/mol. The lowest BCUT2D eigenvalue weighted by molar-refractivity contribution is -0.123. The van der Waals surface area contributed by atoms with Gasteiger partial charge in [-0.3, -0.25) is 4.79 Å². The van der Waals surface area contributed by atoms with Gasteiger partial charge < -0.3 is 20.7 Å². The molecule has 0 radical (unpaired) electrons. The van der Waals surface area contributed by atoms with Crippen molar-refractivity contribution >= 4 is 17.4 Å². The molecule has 6 heteroatoms. The van der Waals surface area contributed by atoms with Gasteiger partial charge in [-0.05, 0) is 18.1 Å². The average molecular weight is 294 g/mol. The molecule has 0 spiro atoms. The van der Waals surface area contributed by atoms with Gasteiger partial charge in [-0.25, -0.2) is 0 Å². The van der Waals surface area contributed by atoms with Crippen LogP contribution in [0.4, 0.5) is 11.5 Å². The smallest absolute Gasteiger partial charge is 0.239 e. The molecular weight excluding hydrogens is 268 g/mol. The van der Waals surface area contributed by atoms with Crippen LogP contribution in [0.5, 0.6) is 5.88 Å². The van der Waals surface area contributed by atoms with Crippen molar-refractivity contribution in [3.05, 3.63) is 12.1 Å². The van der Waals surface area contributed by atoms with Gasteiger partial charge in [0.05, 0.1) is 18.2 Å². The Morgan fingerprint density at radius 3 is 2.67 bits per heavy atom. The molecule has 1 aromatic heterocycles. The molecule has 1 unspecified atom stereocenters. The summed E-state index contributed by atoms with van der Waals surface area (Å²) in [6.07, 6.45) is 0. The molecule has 0 saturated carbocycles. The van der Waals surface area contributed by atoms with Crippen molar-refractivity contribution in [2.24, 2.45) is 11.8 Å². The topological polar surface area (TPSA) is 80.5 Å². The van der Waals surface area contributed by atoms with Crippen LogP contribution in [0.1, 0.15) is 20.8 Å². The summed E-state index contributed by atoms with van der Waals surface area (Å²) < 4.78 is 5.62. The molecule has 0 aliphatic heterocycles. The Labute approximate surface area is 126 Å². The maximum absolute atomic E-state index is 11.6. The lowest BCUT2D eigenvalue weighted by Crippen LogP contribution is -2.34. The first-order chi connectivity index (χ1) is 9.85. The van der Waals surface area contributed by atoms with Gasteiger partial charge in [0.25, 0.3) is 0 Å². The van der Waals surface area contributed by atoms with Crippen molar-refractivity contribution in [2.45, 2.75) is 20.8 Å². The van der Waals surface area contributed by atoms with Crippen molar-refractivity contribution in [3.8, 4) is 5.88 Å². The summed E-state index contributed by atoms with van der Waals surface area (Å²) in [5.41, 5.74) is 6.40. The Morgan fingerprint density at radius 1 is 1.43 bits per heavy atom. The van der Waals surface area contributed by atoms with Crippen molar-refractivity contribution < 1.29 is 9.53 Å². The van der Waals surface area contributed by atoms with E-state index in [9.17, 15) is 4.79 Å². The molecule has 1 rings (SSSR count). The fraction of sp³-hybridized carbons (Fsp3) is 0.600. The molecule has 0 bridgehead atoms. The number of amides is 1. The van der Waals surface area contributed by atoms with E-state index in [1.807, 2.05) is 24.9 Å². The minimum Gasteiger partial charge on any atom is -0.476 e. The number of hydrogen-bond acceptors (Lipinski definition) is 5. The summed E-state index contributed by atoms with van der Waals surface area (Å²) in [5, 5.41) is 2.64. The largest absolute Gasteiger partial charge is 0.476 e. The molecule has 0 fully saturated rings. The third kappa shape index (κ3) is 5.13. The Morgan fingerprint density at radius 2 is 2.10 bits per heavy atom. The quantitative estimate of drug-likeness (QED) is 0.797. The number of rotatable bonds is 7. The summed E-state index contributed by atoms with van der Waals surface area (Å²) >= 11 is 0. The highest BCUT2D eigenvalue weighted by atomic mass is 16.5. The SMILES string of the molecule is CNC(=O)C(C)CN(C)c1ccc(N)c(OCC(C)C)n1. The maximum atomic E-state index is 11.6. The Bertz CT molecular complexity index is 477. The van der Waals surface area contributed by atoms with Gasteiger partial charge in [0.1, 0.15) is 5.82 Å². The highest BCUT2D eigenvalue weighted by Gasteiger charge is 2.15. The molecule has 0 aliphatic carbocycles. The number of hydrogen-bond donors (Lipinski definition) is 2. The van der Waals surface area contributed by atoms with E-state index in [-0.39, 0.29) is 11.8 Å². The fourth-order valence-electron chi connectivity index (χ4n) is 1.85. The number of anilines is 2. The summed E-state index contributed by atoms with van der Waals surface area (Å²) in [6, 6.07) is 3.60. The highest BCUT2D eigenvalue weighted by molar-refractivity contribution is 5.78. The highest BCUT2D eigenvalue weighted by Crippen LogP contribution is 2.23. The summed E-state index contributed by atoms with van der Waals surface area (Å²) in [7, 11) is 3.53. The van der Waals surface area contributed by atoms with E-state index in [2.05, 4.69) is 24.1 Å². The minimum absolute atomic E-state index is 0.00794. The van der Waals surface area contributed by atoms with Gasteiger partial charge in [-0.1, -0.05) is 20.8 Å². The van der Waals surface area contributed by atoms with E-state index in [0.717, 1.165) is 5.82 Å². The number of carbonyl (C=O) groups excluding carboxylic acids is 1. The molecule has 21 heavy (non-hydrogen) atoms. The summed E-state index contributed by atoms with van der Waals surface area (Å²) in [6.45, 7) is 7.15. The molecule has 1 heterocycles. The number of pyridine rings is 1. The van der Waals surface area contributed by atoms with Crippen LogP contribution >= 0.6 is 0 Å². The van der Waals surface area contributed by atoms with E-state index in [1.165, 1.54) is 0 Å². The van der Waals surface area contributed by atoms with Gasteiger partial charge in [0.15, 0.2) is 0 Å².